The smallest absolute Gasteiger partial charge is 0.191 e. The van der Waals surface area contributed by atoms with Crippen LogP contribution in [0.2, 0.25) is 0 Å². The van der Waals surface area contributed by atoms with Gasteiger partial charge in [-0.25, -0.2) is 0 Å². The molecule has 5 heteroatoms. The van der Waals surface area contributed by atoms with Gasteiger partial charge in [-0.1, -0.05) is 25.7 Å². The predicted octanol–water partition coefficient (Wildman–Crippen LogP) is 1.76. The lowest BCUT2D eigenvalue weighted by Crippen LogP contribution is -2.51. The van der Waals surface area contributed by atoms with Crippen LogP contribution in [0.25, 0.3) is 0 Å². The molecule has 23 heavy (non-hydrogen) atoms. The Morgan fingerprint density at radius 1 is 1.13 bits per heavy atom. The molecule has 0 bridgehead atoms. The number of hydrogen-bond acceptors (Lipinski definition) is 3. The van der Waals surface area contributed by atoms with Gasteiger partial charge in [0.2, 0.25) is 0 Å². The summed E-state index contributed by atoms with van der Waals surface area (Å²) in [6.07, 6.45) is 8.45. The average Bonchev–Trinajstić information content (AvgIpc) is 3.05. The lowest BCUT2D eigenvalue weighted by Gasteiger charge is -2.36. The minimum absolute atomic E-state index is 0.530. The molecule has 1 aliphatic heterocycles. The van der Waals surface area contributed by atoms with Crippen molar-refractivity contribution in [2.24, 2.45) is 10.9 Å². The van der Waals surface area contributed by atoms with E-state index in [0.717, 1.165) is 51.1 Å². The van der Waals surface area contributed by atoms with E-state index in [-0.39, 0.29) is 0 Å². The number of nitrogens with one attached hydrogen (secondary N) is 2. The van der Waals surface area contributed by atoms with Gasteiger partial charge in [0.15, 0.2) is 5.96 Å². The second kappa shape index (κ2) is 10.1. The summed E-state index contributed by atoms with van der Waals surface area (Å²) in [4.78, 5) is 9.66. The second-order valence-electron chi connectivity index (χ2n) is 7.34. The molecule has 0 aromatic heterocycles. The zero-order valence-electron chi connectivity index (χ0n) is 15.5. The molecule has 134 valence electrons. The number of nitrogens with zero attached hydrogens (tertiary/aromatic N) is 3. The number of piperazine rings is 1. The van der Waals surface area contributed by atoms with Gasteiger partial charge in [0.25, 0.3) is 0 Å². The van der Waals surface area contributed by atoms with Crippen LogP contribution in [0.5, 0.6) is 0 Å². The summed E-state index contributed by atoms with van der Waals surface area (Å²) in [5, 5.41) is 6.90. The molecule has 1 unspecified atom stereocenters. The monoisotopic (exact) mass is 323 g/mol. The summed E-state index contributed by atoms with van der Waals surface area (Å²) < 4.78 is 0. The first kappa shape index (κ1) is 18.5. The Kier molecular flexibility index (Phi) is 8.17. The number of rotatable bonds is 7. The SMILES string of the molecule is CCNC(=NCC1CN(C)CCN1C)NCCCC1CCCC1. The van der Waals surface area contributed by atoms with E-state index in [1.54, 1.807) is 0 Å². The molecule has 0 spiro atoms. The molecule has 2 fully saturated rings. The molecule has 1 saturated heterocycles. The Bertz CT molecular complexity index is 351. The number of hydrogen-bond donors (Lipinski definition) is 2. The van der Waals surface area contributed by atoms with Gasteiger partial charge in [-0.15, -0.1) is 0 Å². The maximum absolute atomic E-state index is 4.82. The summed E-state index contributed by atoms with van der Waals surface area (Å²) >= 11 is 0. The number of guanidine groups is 1. The summed E-state index contributed by atoms with van der Waals surface area (Å²) in [5.74, 6) is 1.98. The van der Waals surface area contributed by atoms with Crippen LogP contribution < -0.4 is 10.6 Å². The lowest BCUT2D eigenvalue weighted by molar-refractivity contribution is 0.119. The van der Waals surface area contributed by atoms with E-state index in [0.29, 0.717) is 6.04 Å². The minimum atomic E-state index is 0.530. The van der Waals surface area contributed by atoms with E-state index in [4.69, 9.17) is 4.99 Å². The van der Waals surface area contributed by atoms with E-state index in [9.17, 15) is 0 Å². The van der Waals surface area contributed by atoms with Gasteiger partial charge in [-0.3, -0.25) is 9.89 Å². The molecule has 2 rings (SSSR count). The van der Waals surface area contributed by atoms with Crippen LogP contribution in [0.3, 0.4) is 0 Å². The maximum atomic E-state index is 4.82. The molecule has 0 aromatic carbocycles. The molecule has 5 nitrogen and oxygen atoms in total. The van der Waals surface area contributed by atoms with Gasteiger partial charge in [0.1, 0.15) is 0 Å². The summed E-state index contributed by atoms with van der Waals surface area (Å²) in [5.41, 5.74) is 0. The normalized spacial score (nSPS) is 25.0. The molecule has 2 N–H and O–H groups in total. The molecule has 0 radical (unpaired) electrons. The molecule has 1 aliphatic carbocycles. The van der Waals surface area contributed by atoms with E-state index in [2.05, 4.69) is 41.5 Å². The molecular weight excluding hydrogens is 286 g/mol. The first-order chi connectivity index (χ1) is 11.2. The van der Waals surface area contributed by atoms with Crippen LogP contribution >= 0.6 is 0 Å². The Hall–Kier alpha value is -0.810. The van der Waals surface area contributed by atoms with Crippen LogP contribution in [0.15, 0.2) is 4.99 Å². The molecule has 1 heterocycles. The van der Waals surface area contributed by atoms with Crippen LogP contribution in [-0.4, -0.2) is 75.2 Å². The van der Waals surface area contributed by atoms with Crippen molar-refractivity contribution in [2.75, 3.05) is 53.4 Å². The highest BCUT2D eigenvalue weighted by Gasteiger charge is 2.21. The van der Waals surface area contributed by atoms with E-state index < -0.39 is 0 Å². The third-order valence-corrected chi connectivity index (χ3v) is 5.34. The highest BCUT2D eigenvalue weighted by molar-refractivity contribution is 5.79. The predicted molar refractivity (Wildman–Crippen MR) is 99.1 cm³/mol. The summed E-state index contributed by atoms with van der Waals surface area (Å²) in [6, 6.07) is 0.530. The molecule has 1 atom stereocenters. The maximum Gasteiger partial charge on any atom is 0.191 e. The van der Waals surface area contributed by atoms with E-state index >= 15 is 0 Å². The molecule has 2 aliphatic rings. The standard InChI is InChI=1S/C18H37N5/c1-4-19-18(20-11-7-10-16-8-5-6-9-16)21-14-17-15-22(2)12-13-23(17)3/h16-17H,4-15H2,1-3H3,(H2,19,20,21). The van der Waals surface area contributed by atoms with Gasteiger partial charge >= 0.3 is 0 Å². The third kappa shape index (κ3) is 6.68. The van der Waals surface area contributed by atoms with Gasteiger partial charge in [0, 0.05) is 38.8 Å². The Labute approximate surface area is 142 Å². The zero-order valence-corrected chi connectivity index (χ0v) is 15.5. The fourth-order valence-electron chi connectivity index (χ4n) is 3.73. The first-order valence-electron chi connectivity index (χ1n) is 9.60. The molecule has 0 aromatic rings. The van der Waals surface area contributed by atoms with Crippen molar-refractivity contribution in [1.82, 2.24) is 20.4 Å². The average molecular weight is 324 g/mol. The third-order valence-electron chi connectivity index (χ3n) is 5.34. The van der Waals surface area contributed by atoms with Crippen molar-refractivity contribution in [3.63, 3.8) is 0 Å². The van der Waals surface area contributed by atoms with Gasteiger partial charge in [0.05, 0.1) is 6.54 Å². The van der Waals surface area contributed by atoms with Crippen molar-refractivity contribution in [3.05, 3.63) is 0 Å². The highest BCUT2D eigenvalue weighted by Crippen LogP contribution is 2.28. The molecule has 1 saturated carbocycles. The van der Waals surface area contributed by atoms with Gasteiger partial charge < -0.3 is 15.5 Å². The molecule has 0 amide bonds. The number of likely N-dealkylation sites (N-methyl/N-ethyl adjacent to an activating group) is 2. The topological polar surface area (TPSA) is 42.9 Å². The lowest BCUT2D eigenvalue weighted by atomic mass is 10.0. The Morgan fingerprint density at radius 2 is 1.91 bits per heavy atom. The largest absolute Gasteiger partial charge is 0.357 e. The van der Waals surface area contributed by atoms with Crippen molar-refractivity contribution < 1.29 is 0 Å². The van der Waals surface area contributed by atoms with Crippen molar-refractivity contribution in [3.8, 4) is 0 Å². The van der Waals surface area contributed by atoms with Crippen LogP contribution in [0, 0.1) is 5.92 Å². The van der Waals surface area contributed by atoms with Crippen LogP contribution in [-0.2, 0) is 0 Å². The fourth-order valence-corrected chi connectivity index (χ4v) is 3.73. The Balaban J connectivity index is 1.70. The quantitative estimate of drug-likeness (QED) is 0.426. The van der Waals surface area contributed by atoms with Crippen molar-refractivity contribution >= 4 is 5.96 Å². The van der Waals surface area contributed by atoms with E-state index in [1.807, 2.05) is 0 Å². The van der Waals surface area contributed by atoms with Crippen LogP contribution in [0.1, 0.15) is 45.4 Å². The minimum Gasteiger partial charge on any atom is -0.357 e. The second-order valence-corrected chi connectivity index (χ2v) is 7.34. The van der Waals surface area contributed by atoms with Crippen LogP contribution in [0.4, 0.5) is 0 Å². The van der Waals surface area contributed by atoms with Gasteiger partial charge in [-0.05, 0) is 39.8 Å². The Morgan fingerprint density at radius 3 is 2.65 bits per heavy atom. The zero-order chi connectivity index (χ0) is 16.5. The summed E-state index contributed by atoms with van der Waals surface area (Å²) in [6.45, 7) is 8.39. The van der Waals surface area contributed by atoms with Gasteiger partial charge in [-0.2, -0.15) is 0 Å². The first-order valence-corrected chi connectivity index (χ1v) is 9.60. The highest BCUT2D eigenvalue weighted by atomic mass is 15.3. The van der Waals surface area contributed by atoms with Crippen molar-refractivity contribution in [2.45, 2.75) is 51.5 Å². The summed E-state index contributed by atoms with van der Waals surface area (Å²) in [7, 11) is 4.42. The molecular formula is C18H37N5. The number of aliphatic imine (C=N–C) groups is 1. The van der Waals surface area contributed by atoms with Crippen molar-refractivity contribution in [1.29, 1.82) is 0 Å². The fraction of sp³-hybridized carbons (Fsp3) is 0.944. The van der Waals surface area contributed by atoms with E-state index in [1.165, 1.54) is 38.5 Å².